The summed E-state index contributed by atoms with van der Waals surface area (Å²) in [5, 5.41) is 3.24. The molecular weight excluding hydrogens is 274 g/mol. The second-order valence-electron chi connectivity index (χ2n) is 6.83. The van der Waals surface area contributed by atoms with Crippen LogP contribution in [-0.4, -0.2) is 34.4 Å². The summed E-state index contributed by atoms with van der Waals surface area (Å²) in [4.78, 5) is 20.0. The van der Waals surface area contributed by atoms with Crippen molar-refractivity contribution >= 4 is 5.91 Å². The monoisotopic (exact) mass is 301 g/mol. The number of hydrogen-bond donors (Lipinski definition) is 1. The first kappa shape index (κ1) is 15.5. The highest BCUT2D eigenvalue weighted by atomic mass is 16.2. The highest BCUT2D eigenvalue weighted by Gasteiger charge is 2.47. The van der Waals surface area contributed by atoms with E-state index in [1.807, 2.05) is 32.0 Å². The Kier molecular flexibility index (Phi) is 4.48. The van der Waals surface area contributed by atoms with E-state index in [4.69, 9.17) is 0 Å². The average molecular weight is 301 g/mol. The lowest BCUT2D eigenvalue weighted by atomic mass is 9.93. The molecule has 1 aliphatic carbocycles. The molecule has 4 nitrogen and oxygen atoms in total. The molecule has 1 N–H and O–H groups in total. The first-order valence-corrected chi connectivity index (χ1v) is 8.61. The van der Waals surface area contributed by atoms with Crippen LogP contribution in [0, 0.1) is 6.92 Å². The lowest BCUT2D eigenvalue weighted by Crippen LogP contribution is -2.56. The van der Waals surface area contributed by atoms with E-state index in [0.29, 0.717) is 0 Å². The van der Waals surface area contributed by atoms with E-state index in [2.05, 4.69) is 15.2 Å². The van der Waals surface area contributed by atoms with Crippen molar-refractivity contribution in [3.05, 3.63) is 29.6 Å². The maximum atomic E-state index is 13.0. The van der Waals surface area contributed by atoms with Crippen molar-refractivity contribution in [2.75, 3.05) is 13.1 Å². The number of aryl methyl sites for hydroxylation is 1. The number of carbonyl (C=O) groups excluding carboxylic acids is 1. The molecule has 1 saturated carbocycles. The summed E-state index contributed by atoms with van der Waals surface area (Å²) in [6, 6.07) is 5.95. The molecular formula is C18H27N3O. The lowest BCUT2D eigenvalue weighted by Gasteiger charge is -2.38. The Morgan fingerprint density at radius 2 is 1.91 bits per heavy atom. The lowest BCUT2D eigenvalue weighted by molar-refractivity contribution is -0.133. The van der Waals surface area contributed by atoms with Gasteiger partial charge >= 0.3 is 0 Å². The predicted octanol–water partition coefficient (Wildman–Crippen LogP) is 2.98. The van der Waals surface area contributed by atoms with Gasteiger partial charge in [0.15, 0.2) is 0 Å². The highest BCUT2D eigenvalue weighted by Crippen LogP contribution is 2.38. The van der Waals surface area contributed by atoms with Crippen LogP contribution < -0.4 is 5.32 Å². The summed E-state index contributed by atoms with van der Waals surface area (Å²) in [6.07, 6.45) is 6.80. The second kappa shape index (κ2) is 6.37. The molecule has 22 heavy (non-hydrogen) atoms. The van der Waals surface area contributed by atoms with E-state index in [0.717, 1.165) is 37.3 Å². The molecule has 0 aromatic carbocycles. The van der Waals surface area contributed by atoms with Crippen molar-refractivity contribution < 1.29 is 4.79 Å². The van der Waals surface area contributed by atoms with Crippen LogP contribution in [0.1, 0.15) is 62.9 Å². The van der Waals surface area contributed by atoms with E-state index < -0.39 is 0 Å². The van der Waals surface area contributed by atoms with Crippen LogP contribution in [-0.2, 0) is 4.79 Å². The molecule has 4 heteroatoms. The molecule has 0 spiro atoms. The molecule has 0 bridgehead atoms. The molecule has 0 unspecified atom stereocenters. The van der Waals surface area contributed by atoms with Crippen LogP contribution >= 0.6 is 0 Å². The van der Waals surface area contributed by atoms with Gasteiger partial charge in [-0.05, 0) is 64.8 Å². The summed E-state index contributed by atoms with van der Waals surface area (Å²) in [7, 11) is 0. The Bertz CT molecular complexity index is 531. The van der Waals surface area contributed by atoms with E-state index in [1.54, 1.807) is 0 Å². The molecule has 1 aromatic heterocycles. The van der Waals surface area contributed by atoms with Crippen LogP contribution in [0.5, 0.6) is 0 Å². The summed E-state index contributed by atoms with van der Waals surface area (Å²) in [5.41, 5.74) is 1.69. The number of hydrogen-bond acceptors (Lipinski definition) is 3. The summed E-state index contributed by atoms with van der Waals surface area (Å²) >= 11 is 0. The molecule has 3 rings (SSSR count). The Morgan fingerprint density at radius 1 is 1.23 bits per heavy atom. The minimum absolute atomic E-state index is 0.0347. The minimum atomic E-state index is -0.255. The largest absolute Gasteiger partial charge is 0.346 e. The Labute approximate surface area is 133 Å². The van der Waals surface area contributed by atoms with Gasteiger partial charge in [0.05, 0.1) is 11.7 Å². The topological polar surface area (TPSA) is 45.2 Å². The van der Waals surface area contributed by atoms with Gasteiger partial charge in [0, 0.05) is 5.69 Å². The molecule has 120 valence electrons. The number of amides is 1. The Balaban J connectivity index is 1.74. The Morgan fingerprint density at radius 3 is 2.55 bits per heavy atom. The number of nitrogens with zero attached hydrogens (tertiary/aromatic N) is 2. The van der Waals surface area contributed by atoms with Gasteiger partial charge in [0.2, 0.25) is 5.91 Å². The molecule has 1 saturated heterocycles. The van der Waals surface area contributed by atoms with E-state index >= 15 is 0 Å². The number of pyridine rings is 1. The zero-order valence-electron chi connectivity index (χ0n) is 13.8. The smallest absolute Gasteiger partial charge is 0.241 e. The first-order valence-electron chi connectivity index (χ1n) is 8.61. The highest BCUT2D eigenvalue weighted by molar-refractivity contribution is 5.87. The predicted molar refractivity (Wildman–Crippen MR) is 87.5 cm³/mol. The number of likely N-dealkylation sites (tertiary alicyclic amines) is 1. The number of nitrogens with one attached hydrogen (secondary N) is 1. The third-order valence-corrected chi connectivity index (χ3v) is 5.27. The summed E-state index contributed by atoms with van der Waals surface area (Å²) < 4.78 is 0. The molecule has 1 aliphatic heterocycles. The third-order valence-electron chi connectivity index (χ3n) is 5.27. The molecule has 1 atom stereocenters. The summed E-state index contributed by atoms with van der Waals surface area (Å²) in [5.74, 6) is 0.211. The molecule has 2 aliphatic rings. The van der Waals surface area contributed by atoms with Gasteiger partial charge in [0.25, 0.3) is 0 Å². The number of carbonyl (C=O) groups is 1. The van der Waals surface area contributed by atoms with Crippen molar-refractivity contribution in [1.29, 1.82) is 0 Å². The van der Waals surface area contributed by atoms with Crippen LogP contribution in [0.15, 0.2) is 18.2 Å². The second-order valence-corrected chi connectivity index (χ2v) is 6.83. The SMILES string of the molecule is Cc1cccc([C@@H](C)NC(=O)C2(N3CCCC3)CCCC2)n1. The quantitative estimate of drug-likeness (QED) is 0.930. The van der Waals surface area contributed by atoms with Crippen molar-refractivity contribution in [2.24, 2.45) is 0 Å². The average Bonchev–Trinajstić information content (AvgIpc) is 3.19. The fraction of sp³-hybridized carbons (Fsp3) is 0.667. The summed E-state index contributed by atoms with van der Waals surface area (Å²) in [6.45, 7) is 6.17. The van der Waals surface area contributed by atoms with Gasteiger partial charge in [0.1, 0.15) is 5.54 Å². The molecule has 0 radical (unpaired) electrons. The number of rotatable bonds is 4. The molecule has 2 fully saturated rings. The van der Waals surface area contributed by atoms with E-state index in [9.17, 15) is 4.79 Å². The van der Waals surface area contributed by atoms with Crippen LogP contribution in [0.2, 0.25) is 0 Å². The minimum Gasteiger partial charge on any atom is -0.346 e. The van der Waals surface area contributed by atoms with Crippen molar-refractivity contribution in [1.82, 2.24) is 15.2 Å². The maximum Gasteiger partial charge on any atom is 0.241 e. The van der Waals surface area contributed by atoms with Gasteiger partial charge < -0.3 is 5.32 Å². The van der Waals surface area contributed by atoms with Crippen molar-refractivity contribution in [3.63, 3.8) is 0 Å². The van der Waals surface area contributed by atoms with Crippen LogP contribution in [0.25, 0.3) is 0 Å². The van der Waals surface area contributed by atoms with E-state index in [1.165, 1.54) is 25.7 Å². The van der Waals surface area contributed by atoms with Crippen molar-refractivity contribution in [2.45, 2.75) is 64.0 Å². The molecule has 1 amide bonds. The Hall–Kier alpha value is -1.42. The fourth-order valence-corrected chi connectivity index (χ4v) is 4.00. The molecule has 2 heterocycles. The van der Waals surface area contributed by atoms with Crippen molar-refractivity contribution in [3.8, 4) is 0 Å². The third kappa shape index (κ3) is 2.89. The zero-order valence-corrected chi connectivity index (χ0v) is 13.8. The van der Waals surface area contributed by atoms with Gasteiger partial charge in [-0.15, -0.1) is 0 Å². The maximum absolute atomic E-state index is 13.0. The first-order chi connectivity index (χ1) is 10.6. The number of aromatic nitrogens is 1. The van der Waals surface area contributed by atoms with Crippen LogP contribution in [0.4, 0.5) is 0 Å². The van der Waals surface area contributed by atoms with Gasteiger partial charge in [-0.2, -0.15) is 0 Å². The molecule has 1 aromatic rings. The standard InChI is InChI=1S/C18H27N3O/c1-14-8-7-9-16(19-14)15(2)20-17(22)18(10-3-4-11-18)21-12-5-6-13-21/h7-9,15H,3-6,10-13H2,1-2H3,(H,20,22)/t15-/m1/s1. The van der Waals surface area contributed by atoms with Gasteiger partial charge in [-0.3, -0.25) is 14.7 Å². The zero-order chi connectivity index (χ0) is 15.6. The van der Waals surface area contributed by atoms with Gasteiger partial charge in [-0.25, -0.2) is 0 Å². The van der Waals surface area contributed by atoms with Gasteiger partial charge in [-0.1, -0.05) is 18.9 Å². The van der Waals surface area contributed by atoms with Crippen LogP contribution in [0.3, 0.4) is 0 Å². The van der Waals surface area contributed by atoms with E-state index in [-0.39, 0.29) is 17.5 Å². The normalized spacial score (nSPS) is 22.6. The fourth-order valence-electron chi connectivity index (χ4n) is 4.00.